The number of rotatable bonds is 5. The Balaban J connectivity index is 2.52. The molecule has 2 N–H and O–H groups in total. The normalized spacial score (nSPS) is 10.7. The topological polar surface area (TPSA) is 64.3 Å². The molecule has 1 aromatic rings. The van der Waals surface area contributed by atoms with Crippen LogP contribution in [-0.4, -0.2) is 42.1 Å². The van der Waals surface area contributed by atoms with Crippen molar-refractivity contribution in [3.8, 4) is 6.01 Å². The summed E-state index contributed by atoms with van der Waals surface area (Å²) in [6, 6.07) is 0.423. The van der Waals surface area contributed by atoms with Crippen molar-refractivity contribution < 1.29 is 4.74 Å². The van der Waals surface area contributed by atoms with Crippen LogP contribution >= 0.6 is 0 Å². The fraction of sp³-hybridized carbons (Fsp3) is 0.600. The zero-order valence-corrected chi connectivity index (χ0v) is 9.53. The van der Waals surface area contributed by atoms with Gasteiger partial charge in [-0.05, 0) is 21.0 Å². The minimum atomic E-state index is 0.423. The molecule has 1 aromatic heterocycles. The van der Waals surface area contributed by atoms with Gasteiger partial charge in [-0.25, -0.2) is 9.97 Å². The number of aryl methyl sites for hydroxylation is 1. The van der Waals surface area contributed by atoms with E-state index in [1.165, 1.54) is 0 Å². The highest BCUT2D eigenvalue weighted by Crippen LogP contribution is 2.07. The van der Waals surface area contributed by atoms with Gasteiger partial charge < -0.3 is 15.4 Å². The molecule has 0 fully saturated rings. The third kappa shape index (κ3) is 3.81. The molecule has 84 valence electrons. The molecular weight excluding hydrogens is 192 g/mol. The van der Waals surface area contributed by atoms with Crippen LogP contribution in [0.4, 0.5) is 0 Å². The lowest BCUT2D eigenvalue weighted by atomic mass is 10.2. The maximum atomic E-state index is 5.51. The Hall–Kier alpha value is -1.20. The van der Waals surface area contributed by atoms with Crippen LogP contribution in [0.15, 0.2) is 6.20 Å². The number of nitrogens with zero attached hydrogens (tertiary/aromatic N) is 3. The Labute approximate surface area is 90.3 Å². The van der Waals surface area contributed by atoms with Crippen molar-refractivity contribution in [2.45, 2.75) is 13.5 Å². The van der Waals surface area contributed by atoms with Crippen LogP contribution in [0.5, 0.6) is 6.01 Å². The van der Waals surface area contributed by atoms with Crippen LogP contribution in [0, 0.1) is 6.92 Å². The number of ether oxygens (including phenoxy) is 1. The van der Waals surface area contributed by atoms with E-state index in [-0.39, 0.29) is 0 Å². The van der Waals surface area contributed by atoms with Crippen molar-refractivity contribution in [2.24, 2.45) is 5.73 Å². The molecular formula is C10H18N4O. The van der Waals surface area contributed by atoms with Gasteiger partial charge in [0.25, 0.3) is 0 Å². The van der Waals surface area contributed by atoms with Gasteiger partial charge in [0, 0.05) is 30.5 Å². The molecule has 0 aromatic carbocycles. The monoisotopic (exact) mass is 210 g/mol. The Kier molecular flexibility index (Phi) is 4.45. The Bertz CT molecular complexity index is 314. The van der Waals surface area contributed by atoms with Crippen LogP contribution in [0.2, 0.25) is 0 Å². The standard InChI is InChI=1S/C10H18N4O/c1-8-9(6-11)7-12-10(13-8)15-5-4-14(2)3/h7H,4-6,11H2,1-3H3. The highest BCUT2D eigenvalue weighted by atomic mass is 16.5. The van der Waals surface area contributed by atoms with E-state index in [4.69, 9.17) is 10.5 Å². The van der Waals surface area contributed by atoms with E-state index in [1.807, 2.05) is 25.9 Å². The van der Waals surface area contributed by atoms with Crippen molar-refractivity contribution in [1.82, 2.24) is 14.9 Å². The second-order valence-electron chi connectivity index (χ2n) is 3.62. The number of hydrogen-bond donors (Lipinski definition) is 1. The van der Waals surface area contributed by atoms with Crippen LogP contribution in [0.1, 0.15) is 11.3 Å². The van der Waals surface area contributed by atoms with Gasteiger partial charge in [0.15, 0.2) is 0 Å². The van der Waals surface area contributed by atoms with Gasteiger partial charge in [-0.15, -0.1) is 0 Å². The average molecular weight is 210 g/mol. The fourth-order valence-corrected chi connectivity index (χ4v) is 1.06. The molecule has 0 amide bonds. The predicted molar refractivity (Wildman–Crippen MR) is 58.7 cm³/mol. The minimum Gasteiger partial charge on any atom is -0.462 e. The summed E-state index contributed by atoms with van der Waals surface area (Å²) < 4.78 is 5.39. The van der Waals surface area contributed by atoms with Crippen LogP contribution < -0.4 is 10.5 Å². The zero-order valence-electron chi connectivity index (χ0n) is 9.53. The SMILES string of the molecule is Cc1nc(OCCN(C)C)ncc1CN. The molecule has 0 radical (unpaired) electrons. The molecule has 0 saturated heterocycles. The van der Waals surface area contributed by atoms with Gasteiger partial charge >= 0.3 is 6.01 Å². The summed E-state index contributed by atoms with van der Waals surface area (Å²) in [5.74, 6) is 0. The van der Waals surface area contributed by atoms with Gasteiger partial charge in [-0.2, -0.15) is 0 Å². The molecule has 0 bridgehead atoms. The number of nitrogens with two attached hydrogens (primary N) is 1. The average Bonchev–Trinajstić information content (AvgIpc) is 2.17. The van der Waals surface area contributed by atoms with E-state index >= 15 is 0 Å². The van der Waals surface area contributed by atoms with Gasteiger partial charge in [0.1, 0.15) is 6.61 Å². The summed E-state index contributed by atoms with van der Waals surface area (Å²) in [6.45, 7) is 3.81. The number of hydrogen-bond acceptors (Lipinski definition) is 5. The first kappa shape index (κ1) is 11.9. The summed E-state index contributed by atoms with van der Waals surface area (Å²) in [5, 5.41) is 0. The summed E-state index contributed by atoms with van der Waals surface area (Å²) in [6.07, 6.45) is 1.72. The summed E-state index contributed by atoms with van der Waals surface area (Å²) in [5.41, 5.74) is 7.35. The molecule has 0 unspecified atom stereocenters. The second-order valence-corrected chi connectivity index (χ2v) is 3.62. The van der Waals surface area contributed by atoms with Crippen LogP contribution in [0.3, 0.4) is 0 Å². The molecule has 1 heterocycles. The minimum absolute atomic E-state index is 0.423. The first-order chi connectivity index (χ1) is 7.13. The highest BCUT2D eigenvalue weighted by molar-refractivity contribution is 5.17. The lowest BCUT2D eigenvalue weighted by Crippen LogP contribution is -2.20. The van der Waals surface area contributed by atoms with Crippen LogP contribution in [0.25, 0.3) is 0 Å². The maximum Gasteiger partial charge on any atom is 0.316 e. The smallest absolute Gasteiger partial charge is 0.316 e. The largest absolute Gasteiger partial charge is 0.462 e. The lowest BCUT2D eigenvalue weighted by molar-refractivity contribution is 0.245. The summed E-state index contributed by atoms with van der Waals surface area (Å²) in [4.78, 5) is 10.3. The molecule has 5 nitrogen and oxygen atoms in total. The molecule has 0 aliphatic heterocycles. The molecule has 0 atom stereocenters. The molecule has 15 heavy (non-hydrogen) atoms. The molecule has 0 aliphatic rings. The molecule has 0 saturated carbocycles. The lowest BCUT2D eigenvalue weighted by Gasteiger charge is -2.10. The first-order valence-electron chi connectivity index (χ1n) is 4.93. The Morgan fingerprint density at radius 1 is 1.47 bits per heavy atom. The molecule has 0 aliphatic carbocycles. The van der Waals surface area contributed by atoms with E-state index < -0.39 is 0 Å². The first-order valence-corrected chi connectivity index (χ1v) is 4.93. The van der Waals surface area contributed by atoms with E-state index in [0.717, 1.165) is 17.8 Å². The molecule has 0 spiro atoms. The van der Waals surface area contributed by atoms with E-state index in [9.17, 15) is 0 Å². The van der Waals surface area contributed by atoms with Gasteiger partial charge in [0.05, 0.1) is 0 Å². The van der Waals surface area contributed by atoms with Crippen LogP contribution in [-0.2, 0) is 6.54 Å². The molecule has 1 rings (SSSR count). The van der Waals surface area contributed by atoms with E-state index in [0.29, 0.717) is 19.2 Å². The summed E-state index contributed by atoms with van der Waals surface area (Å²) >= 11 is 0. The van der Waals surface area contributed by atoms with E-state index in [2.05, 4.69) is 9.97 Å². The zero-order chi connectivity index (χ0) is 11.3. The van der Waals surface area contributed by atoms with E-state index in [1.54, 1.807) is 6.20 Å². The number of likely N-dealkylation sites (N-methyl/N-ethyl adjacent to an activating group) is 1. The quantitative estimate of drug-likeness (QED) is 0.751. The predicted octanol–water partition coefficient (Wildman–Crippen LogP) is 0.184. The van der Waals surface area contributed by atoms with Crippen molar-refractivity contribution in [3.05, 3.63) is 17.5 Å². The van der Waals surface area contributed by atoms with Gasteiger partial charge in [0.2, 0.25) is 0 Å². The third-order valence-electron chi connectivity index (χ3n) is 2.05. The van der Waals surface area contributed by atoms with Crippen molar-refractivity contribution in [1.29, 1.82) is 0 Å². The maximum absolute atomic E-state index is 5.51. The van der Waals surface area contributed by atoms with Crippen molar-refractivity contribution in [2.75, 3.05) is 27.2 Å². The van der Waals surface area contributed by atoms with Crippen molar-refractivity contribution in [3.63, 3.8) is 0 Å². The second kappa shape index (κ2) is 5.63. The Morgan fingerprint density at radius 3 is 2.73 bits per heavy atom. The van der Waals surface area contributed by atoms with Crippen molar-refractivity contribution >= 4 is 0 Å². The summed E-state index contributed by atoms with van der Waals surface area (Å²) in [7, 11) is 3.99. The fourth-order valence-electron chi connectivity index (χ4n) is 1.06. The number of aromatic nitrogens is 2. The van der Waals surface area contributed by atoms with Gasteiger partial charge in [-0.3, -0.25) is 0 Å². The molecule has 5 heteroatoms. The Morgan fingerprint density at radius 2 is 2.20 bits per heavy atom. The highest BCUT2D eigenvalue weighted by Gasteiger charge is 2.02. The van der Waals surface area contributed by atoms with Gasteiger partial charge in [-0.1, -0.05) is 0 Å². The third-order valence-corrected chi connectivity index (χ3v) is 2.05.